The molecule has 1 saturated heterocycles. The molecule has 1 fully saturated rings. The van der Waals surface area contributed by atoms with Crippen LogP contribution in [0, 0.1) is 16.7 Å². The number of ether oxygens (including phenoxy) is 1. The zero-order valence-corrected chi connectivity index (χ0v) is 9.01. The maximum Gasteiger partial charge on any atom is 0.0622 e. The summed E-state index contributed by atoms with van der Waals surface area (Å²) in [7, 11) is 0. The van der Waals surface area contributed by atoms with E-state index in [9.17, 15) is 0 Å². The fourth-order valence-corrected chi connectivity index (χ4v) is 1.72. The molecule has 0 aromatic rings. The van der Waals surface area contributed by atoms with Crippen LogP contribution in [0.3, 0.4) is 0 Å². The molecule has 0 amide bonds. The highest BCUT2D eigenvalue weighted by Crippen LogP contribution is 2.28. The highest BCUT2D eigenvalue weighted by molar-refractivity contribution is 4.79. The van der Waals surface area contributed by atoms with E-state index >= 15 is 0 Å². The molecule has 0 saturated carbocycles. The Morgan fingerprint density at radius 2 is 2.14 bits per heavy atom. The normalized spacial score (nSPS) is 20.3. The Morgan fingerprint density at radius 1 is 1.43 bits per heavy atom. The minimum atomic E-state index is 0.408. The predicted octanol–water partition coefficient (Wildman–Crippen LogP) is 1.70. The van der Waals surface area contributed by atoms with Crippen molar-refractivity contribution in [3.8, 4) is 6.07 Å². The first-order valence-electron chi connectivity index (χ1n) is 5.42. The summed E-state index contributed by atoms with van der Waals surface area (Å²) in [6.45, 7) is 6.13. The van der Waals surface area contributed by atoms with E-state index in [1.165, 1.54) is 0 Å². The molecule has 0 spiro atoms. The first-order chi connectivity index (χ1) is 6.77. The van der Waals surface area contributed by atoms with Gasteiger partial charge in [0.25, 0.3) is 0 Å². The molecule has 14 heavy (non-hydrogen) atoms. The molecule has 0 atom stereocenters. The lowest BCUT2D eigenvalue weighted by atomic mass is 9.82. The second kappa shape index (κ2) is 6.00. The molecule has 0 unspecified atom stereocenters. The van der Waals surface area contributed by atoms with Gasteiger partial charge >= 0.3 is 0 Å². The SMILES string of the molecule is CC1(CNCCCC#N)CCOCC1. The van der Waals surface area contributed by atoms with Crippen LogP contribution in [0.1, 0.15) is 32.6 Å². The van der Waals surface area contributed by atoms with E-state index in [-0.39, 0.29) is 0 Å². The van der Waals surface area contributed by atoms with Crippen molar-refractivity contribution in [2.75, 3.05) is 26.3 Å². The molecular weight excluding hydrogens is 176 g/mol. The first-order valence-corrected chi connectivity index (χ1v) is 5.42. The summed E-state index contributed by atoms with van der Waals surface area (Å²) in [5.41, 5.74) is 0.408. The van der Waals surface area contributed by atoms with Gasteiger partial charge in [0, 0.05) is 26.2 Å². The Hall–Kier alpha value is -0.590. The molecule has 80 valence electrons. The topological polar surface area (TPSA) is 45.0 Å². The van der Waals surface area contributed by atoms with Crippen LogP contribution < -0.4 is 5.32 Å². The van der Waals surface area contributed by atoms with Crippen LogP contribution in [0.2, 0.25) is 0 Å². The Labute approximate surface area is 86.4 Å². The molecule has 0 bridgehead atoms. The minimum Gasteiger partial charge on any atom is -0.381 e. The predicted molar refractivity (Wildman–Crippen MR) is 55.9 cm³/mol. The van der Waals surface area contributed by atoms with Crippen molar-refractivity contribution < 1.29 is 4.74 Å². The van der Waals surface area contributed by atoms with Crippen LogP contribution in [0.5, 0.6) is 0 Å². The number of nitrogens with zero attached hydrogens (tertiary/aromatic N) is 1. The van der Waals surface area contributed by atoms with Crippen LogP contribution in [0.4, 0.5) is 0 Å². The molecule has 1 rings (SSSR count). The smallest absolute Gasteiger partial charge is 0.0622 e. The molecule has 0 aliphatic carbocycles. The second-order valence-electron chi connectivity index (χ2n) is 4.36. The third-order valence-corrected chi connectivity index (χ3v) is 2.89. The van der Waals surface area contributed by atoms with Crippen molar-refractivity contribution in [2.24, 2.45) is 5.41 Å². The Balaban J connectivity index is 2.07. The summed E-state index contributed by atoms with van der Waals surface area (Å²) in [5.74, 6) is 0. The van der Waals surface area contributed by atoms with Gasteiger partial charge in [-0.15, -0.1) is 0 Å². The zero-order chi connectivity index (χ0) is 10.3. The minimum absolute atomic E-state index is 0.408. The Morgan fingerprint density at radius 3 is 2.79 bits per heavy atom. The Kier molecular flexibility index (Phi) is 4.92. The van der Waals surface area contributed by atoms with E-state index in [1.54, 1.807) is 0 Å². The number of rotatable bonds is 5. The average Bonchev–Trinajstić information content (AvgIpc) is 2.18. The fourth-order valence-electron chi connectivity index (χ4n) is 1.72. The van der Waals surface area contributed by atoms with Crippen LogP contribution >= 0.6 is 0 Å². The lowest BCUT2D eigenvalue weighted by Gasteiger charge is -2.33. The molecule has 0 aromatic heterocycles. The van der Waals surface area contributed by atoms with E-state index in [2.05, 4.69) is 18.3 Å². The number of unbranched alkanes of at least 4 members (excludes halogenated alkanes) is 1. The summed E-state index contributed by atoms with van der Waals surface area (Å²) >= 11 is 0. The summed E-state index contributed by atoms with van der Waals surface area (Å²) in [4.78, 5) is 0. The number of hydrogen-bond donors (Lipinski definition) is 1. The van der Waals surface area contributed by atoms with Gasteiger partial charge in [-0.25, -0.2) is 0 Å². The van der Waals surface area contributed by atoms with E-state index in [4.69, 9.17) is 10.00 Å². The molecule has 1 aliphatic heterocycles. The van der Waals surface area contributed by atoms with Gasteiger partial charge in [0.2, 0.25) is 0 Å². The van der Waals surface area contributed by atoms with Gasteiger partial charge in [-0.05, 0) is 31.2 Å². The van der Waals surface area contributed by atoms with Crippen LogP contribution in [0.25, 0.3) is 0 Å². The summed E-state index contributed by atoms with van der Waals surface area (Å²) in [5, 5.41) is 11.8. The van der Waals surface area contributed by atoms with E-state index in [0.29, 0.717) is 11.8 Å². The Bertz CT molecular complexity index is 192. The van der Waals surface area contributed by atoms with Crippen molar-refractivity contribution in [1.29, 1.82) is 5.26 Å². The first kappa shape index (κ1) is 11.5. The molecular formula is C11H20N2O. The molecule has 1 heterocycles. The van der Waals surface area contributed by atoms with Gasteiger partial charge in [-0.1, -0.05) is 6.92 Å². The maximum atomic E-state index is 8.37. The largest absolute Gasteiger partial charge is 0.381 e. The van der Waals surface area contributed by atoms with Gasteiger partial charge in [0.05, 0.1) is 6.07 Å². The standard InChI is InChI=1S/C11H20N2O/c1-11(4-8-14-9-5-11)10-13-7-3-2-6-12/h13H,2-5,7-10H2,1H3. The third-order valence-electron chi connectivity index (χ3n) is 2.89. The van der Waals surface area contributed by atoms with Crippen molar-refractivity contribution in [2.45, 2.75) is 32.6 Å². The molecule has 1 aliphatic rings. The van der Waals surface area contributed by atoms with Gasteiger partial charge < -0.3 is 10.1 Å². The van der Waals surface area contributed by atoms with Gasteiger partial charge in [0.15, 0.2) is 0 Å². The monoisotopic (exact) mass is 196 g/mol. The fraction of sp³-hybridized carbons (Fsp3) is 0.909. The summed E-state index contributed by atoms with van der Waals surface area (Å²) in [6, 6.07) is 2.16. The second-order valence-corrected chi connectivity index (χ2v) is 4.36. The van der Waals surface area contributed by atoms with Crippen LogP contribution in [0.15, 0.2) is 0 Å². The number of hydrogen-bond acceptors (Lipinski definition) is 3. The quantitative estimate of drug-likeness (QED) is 0.681. The third kappa shape index (κ3) is 4.08. The van der Waals surface area contributed by atoms with Crippen LogP contribution in [-0.2, 0) is 4.74 Å². The lowest BCUT2D eigenvalue weighted by molar-refractivity contribution is 0.0242. The van der Waals surface area contributed by atoms with Gasteiger partial charge in [-0.2, -0.15) is 5.26 Å². The van der Waals surface area contributed by atoms with Crippen molar-refractivity contribution in [3.05, 3.63) is 0 Å². The molecule has 3 nitrogen and oxygen atoms in total. The van der Waals surface area contributed by atoms with Crippen LogP contribution in [-0.4, -0.2) is 26.3 Å². The highest BCUT2D eigenvalue weighted by Gasteiger charge is 2.26. The summed E-state index contributed by atoms with van der Waals surface area (Å²) in [6.07, 6.45) is 3.92. The maximum absolute atomic E-state index is 8.37. The average molecular weight is 196 g/mol. The van der Waals surface area contributed by atoms with Crippen molar-refractivity contribution in [3.63, 3.8) is 0 Å². The lowest BCUT2D eigenvalue weighted by Crippen LogP contribution is -2.37. The van der Waals surface area contributed by atoms with E-state index < -0.39 is 0 Å². The van der Waals surface area contributed by atoms with Crippen molar-refractivity contribution >= 4 is 0 Å². The molecule has 0 aromatic carbocycles. The van der Waals surface area contributed by atoms with Gasteiger partial charge in [-0.3, -0.25) is 0 Å². The number of nitrogens with one attached hydrogen (secondary N) is 1. The zero-order valence-electron chi connectivity index (χ0n) is 9.01. The van der Waals surface area contributed by atoms with Gasteiger partial charge in [0.1, 0.15) is 0 Å². The van der Waals surface area contributed by atoms with Crippen molar-refractivity contribution in [1.82, 2.24) is 5.32 Å². The van der Waals surface area contributed by atoms with E-state index in [1.807, 2.05) is 0 Å². The highest BCUT2D eigenvalue weighted by atomic mass is 16.5. The molecule has 0 radical (unpaired) electrons. The van der Waals surface area contributed by atoms with E-state index in [0.717, 1.165) is 45.6 Å². The molecule has 3 heteroatoms. The number of nitriles is 1. The molecule has 1 N–H and O–H groups in total. The summed E-state index contributed by atoms with van der Waals surface area (Å²) < 4.78 is 5.34.